The summed E-state index contributed by atoms with van der Waals surface area (Å²) in [5.74, 6) is -0.936. The number of piperidine rings is 1. The number of carbonyl (C=O) groups is 2. The molecule has 0 aliphatic carbocycles. The van der Waals surface area contributed by atoms with Gasteiger partial charge in [0.15, 0.2) is 6.10 Å². The number of amides is 1. The summed E-state index contributed by atoms with van der Waals surface area (Å²) in [6, 6.07) is 7.99. The van der Waals surface area contributed by atoms with Crippen LogP contribution >= 0.6 is 0 Å². The van der Waals surface area contributed by atoms with E-state index in [2.05, 4.69) is 6.07 Å². The molecule has 6 nitrogen and oxygen atoms in total. The third kappa shape index (κ3) is 3.23. The highest BCUT2D eigenvalue weighted by Crippen LogP contribution is 2.35. The van der Waals surface area contributed by atoms with E-state index in [4.69, 9.17) is 9.47 Å². The Morgan fingerprint density at radius 2 is 1.81 bits per heavy atom. The Morgan fingerprint density at radius 3 is 2.58 bits per heavy atom. The van der Waals surface area contributed by atoms with Gasteiger partial charge in [-0.2, -0.15) is 0 Å². The van der Waals surface area contributed by atoms with E-state index in [0.717, 1.165) is 24.8 Å². The van der Waals surface area contributed by atoms with Gasteiger partial charge in [0.2, 0.25) is 0 Å². The second kappa shape index (κ2) is 7.37. The van der Waals surface area contributed by atoms with Crippen LogP contribution in [-0.4, -0.2) is 54.3 Å². The highest BCUT2D eigenvalue weighted by Gasteiger charge is 2.41. The molecule has 1 N–H and O–H groups in total. The van der Waals surface area contributed by atoms with Gasteiger partial charge in [-0.05, 0) is 42.7 Å². The Balaban J connectivity index is 1.39. The number of fused-ring (bicyclic) bond motifs is 1. The molecule has 0 bridgehead atoms. The van der Waals surface area contributed by atoms with E-state index in [9.17, 15) is 14.7 Å². The van der Waals surface area contributed by atoms with Crippen molar-refractivity contribution in [3.8, 4) is 0 Å². The largest absolute Gasteiger partial charge is 0.481 e. The zero-order valence-electron chi connectivity index (χ0n) is 14.8. The summed E-state index contributed by atoms with van der Waals surface area (Å²) in [5.41, 5.74) is 2.17. The maximum absolute atomic E-state index is 13.0. The van der Waals surface area contributed by atoms with Crippen molar-refractivity contribution in [2.24, 2.45) is 11.8 Å². The number of carbonyl (C=O) groups excluding carboxylic acids is 1. The zero-order valence-corrected chi connectivity index (χ0v) is 14.8. The molecule has 2 saturated heterocycles. The van der Waals surface area contributed by atoms with E-state index in [1.165, 1.54) is 5.56 Å². The van der Waals surface area contributed by atoms with E-state index >= 15 is 0 Å². The fraction of sp³-hybridized carbons (Fsp3) is 0.600. The van der Waals surface area contributed by atoms with Crippen LogP contribution in [0.2, 0.25) is 0 Å². The lowest BCUT2D eigenvalue weighted by molar-refractivity contribution is -0.149. The van der Waals surface area contributed by atoms with E-state index in [0.29, 0.717) is 32.7 Å². The van der Waals surface area contributed by atoms with Gasteiger partial charge in [0.25, 0.3) is 5.91 Å². The number of carboxylic acid groups (broad SMARTS) is 1. The first-order valence-electron chi connectivity index (χ1n) is 9.48. The Kier molecular flexibility index (Phi) is 4.96. The first kappa shape index (κ1) is 17.5. The van der Waals surface area contributed by atoms with Crippen LogP contribution < -0.4 is 0 Å². The summed E-state index contributed by atoms with van der Waals surface area (Å²) < 4.78 is 11.5. The molecular formula is C20H25NO5. The second-order valence-electron chi connectivity index (χ2n) is 7.43. The molecule has 26 heavy (non-hydrogen) atoms. The lowest BCUT2D eigenvalue weighted by atomic mass is 9.84. The molecule has 3 atom stereocenters. The van der Waals surface area contributed by atoms with Gasteiger partial charge in [-0.25, -0.2) is 0 Å². The molecule has 0 aromatic heterocycles. The van der Waals surface area contributed by atoms with Gasteiger partial charge in [0.1, 0.15) is 0 Å². The van der Waals surface area contributed by atoms with Crippen molar-refractivity contribution in [1.29, 1.82) is 0 Å². The SMILES string of the molecule is O=C(O)C1CCO[C@H]1C1CCN(C(=O)C2OCCc3ccccc32)CC1. The summed E-state index contributed by atoms with van der Waals surface area (Å²) >= 11 is 0. The molecule has 3 heterocycles. The average molecular weight is 359 g/mol. The van der Waals surface area contributed by atoms with Crippen LogP contribution in [0.15, 0.2) is 24.3 Å². The Hall–Kier alpha value is -1.92. The lowest BCUT2D eigenvalue weighted by Crippen LogP contribution is -2.45. The summed E-state index contributed by atoms with van der Waals surface area (Å²) in [5, 5.41) is 9.36. The monoisotopic (exact) mass is 359 g/mol. The molecule has 4 rings (SSSR count). The first-order valence-corrected chi connectivity index (χ1v) is 9.48. The van der Waals surface area contributed by atoms with Crippen LogP contribution in [0, 0.1) is 11.8 Å². The maximum Gasteiger partial charge on any atom is 0.309 e. The Bertz CT molecular complexity index is 683. The normalized spacial score (nSPS) is 29.4. The molecule has 6 heteroatoms. The molecule has 0 radical (unpaired) electrons. The number of carboxylic acids is 1. The zero-order chi connectivity index (χ0) is 18.1. The van der Waals surface area contributed by atoms with Crippen LogP contribution in [0.1, 0.15) is 36.5 Å². The van der Waals surface area contributed by atoms with Crippen molar-refractivity contribution in [2.75, 3.05) is 26.3 Å². The number of likely N-dealkylation sites (tertiary alicyclic amines) is 1. The summed E-state index contributed by atoms with van der Waals surface area (Å²) in [4.78, 5) is 26.3. The van der Waals surface area contributed by atoms with Gasteiger partial charge >= 0.3 is 5.97 Å². The minimum atomic E-state index is -0.766. The van der Waals surface area contributed by atoms with E-state index in [1.807, 2.05) is 23.1 Å². The van der Waals surface area contributed by atoms with Crippen LogP contribution in [0.4, 0.5) is 0 Å². The van der Waals surface area contributed by atoms with Gasteiger partial charge in [0, 0.05) is 19.7 Å². The highest BCUT2D eigenvalue weighted by atomic mass is 16.5. The second-order valence-corrected chi connectivity index (χ2v) is 7.43. The topological polar surface area (TPSA) is 76.1 Å². The number of rotatable bonds is 3. The number of hydrogen-bond donors (Lipinski definition) is 1. The minimum absolute atomic E-state index is 0.0257. The highest BCUT2D eigenvalue weighted by molar-refractivity contribution is 5.83. The van der Waals surface area contributed by atoms with Crippen molar-refractivity contribution < 1.29 is 24.2 Å². The fourth-order valence-corrected chi connectivity index (χ4v) is 4.55. The van der Waals surface area contributed by atoms with Crippen LogP contribution in [0.5, 0.6) is 0 Å². The smallest absolute Gasteiger partial charge is 0.309 e. The first-order chi connectivity index (χ1) is 12.6. The number of hydrogen-bond acceptors (Lipinski definition) is 4. The molecule has 0 saturated carbocycles. The Morgan fingerprint density at radius 1 is 1.04 bits per heavy atom. The molecule has 140 valence electrons. The lowest BCUT2D eigenvalue weighted by Gasteiger charge is -2.37. The molecular weight excluding hydrogens is 334 g/mol. The summed E-state index contributed by atoms with van der Waals surface area (Å²) in [7, 11) is 0. The van der Waals surface area contributed by atoms with Crippen LogP contribution in [0.3, 0.4) is 0 Å². The molecule has 2 fully saturated rings. The Labute approximate surface area is 153 Å². The molecule has 0 spiro atoms. The van der Waals surface area contributed by atoms with E-state index in [-0.39, 0.29) is 17.9 Å². The van der Waals surface area contributed by atoms with Crippen LogP contribution in [0.25, 0.3) is 0 Å². The number of benzene rings is 1. The third-order valence-electron chi connectivity index (χ3n) is 5.99. The molecule has 2 unspecified atom stereocenters. The van der Waals surface area contributed by atoms with E-state index < -0.39 is 18.0 Å². The van der Waals surface area contributed by atoms with Gasteiger partial charge in [-0.1, -0.05) is 24.3 Å². The number of nitrogens with zero attached hydrogens (tertiary/aromatic N) is 1. The minimum Gasteiger partial charge on any atom is -0.481 e. The van der Waals surface area contributed by atoms with Crippen molar-refractivity contribution in [1.82, 2.24) is 4.90 Å². The molecule has 1 amide bonds. The number of ether oxygens (including phenoxy) is 2. The van der Waals surface area contributed by atoms with Crippen molar-refractivity contribution in [2.45, 2.75) is 37.9 Å². The molecule has 3 aliphatic rings. The van der Waals surface area contributed by atoms with Gasteiger partial charge in [-0.3, -0.25) is 9.59 Å². The summed E-state index contributed by atoms with van der Waals surface area (Å²) in [6.07, 6.45) is 2.29. The molecule has 1 aromatic rings. The van der Waals surface area contributed by atoms with Crippen molar-refractivity contribution >= 4 is 11.9 Å². The summed E-state index contributed by atoms with van der Waals surface area (Å²) in [6.45, 7) is 2.36. The predicted molar refractivity (Wildman–Crippen MR) is 93.6 cm³/mol. The fourth-order valence-electron chi connectivity index (χ4n) is 4.55. The van der Waals surface area contributed by atoms with Gasteiger partial charge in [0.05, 0.1) is 18.6 Å². The third-order valence-corrected chi connectivity index (χ3v) is 5.99. The predicted octanol–water partition coefficient (Wildman–Crippen LogP) is 2.03. The van der Waals surface area contributed by atoms with Gasteiger partial charge in [-0.15, -0.1) is 0 Å². The quantitative estimate of drug-likeness (QED) is 0.894. The average Bonchev–Trinajstić information content (AvgIpc) is 3.17. The standard InChI is InChI=1S/C20H25NO5/c22-19(18-15-4-2-1-3-13(15)7-11-26-18)21-9-5-14(6-10-21)17-16(20(23)24)8-12-25-17/h1-4,14,16-18H,5-12H2,(H,23,24)/t16?,17-,18?/m0/s1. The molecule has 1 aromatic carbocycles. The van der Waals surface area contributed by atoms with Crippen molar-refractivity contribution in [3.05, 3.63) is 35.4 Å². The molecule has 3 aliphatic heterocycles. The van der Waals surface area contributed by atoms with Crippen LogP contribution in [-0.2, 0) is 25.5 Å². The van der Waals surface area contributed by atoms with Crippen molar-refractivity contribution in [3.63, 3.8) is 0 Å². The number of aliphatic carboxylic acids is 1. The van der Waals surface area contributed by atoms with E-state index in [1.54, 1.807) is 0 Å². The van der Waals surface area contributed by atoms with Gasteiger partial charge < -0.3 is 19.5 Å². The maximum atomic E-state index is 13.0.